The van der Waals surface area contributed by atoms with E-state index in [1.807, 2.05) is 20.8 Å². The molecule has 6 nitrogen and oxygen atoms in total. The number of carbonyl (C=O) groups excluding carboxylic acids is 1. The van der Waals surface area contributed by atoms with Crippen molar-refractivity contribution in [2.75, 3.05) is 7.11 Å². The van der Waals surface area contributed by atoms with Crippen LogP contribution in [0.5, 0.6) is 5.88 Å². The maximum absolute atomic E-state index is 12.5. The molecule has 0 fully saturated rings. The fourth-order valence-corrected chi connectivity index (χ4v) is 2.39. The van der Waals surface area contributed by atoms with Crippen LogP contribution in [0.1, 0.15) is 41.8 Å². The lowest BCUT2D eigenvalue weighted by Crippen LogP contribution is -2.17. The van der Waals surface area contributed by atoms with E-state index < -0.39 is 0 Å². The first kappa shape index (κ1) is 13.5. The summed E-state index contributed by atoms with van der Waals surface area (Å²) in [4.78, 5) is 21.0. The van der Waals surface area contributed by atoms with E-state index in [4.69, 9.17) is 4.74 Å². The van der Waals surface area contributed by atoms with Crippen LogP contribution in [-0.2, 0) is 5.41 Å². The zero-order valence-corrected chi connectivity index (χ0v) is 12.0. The molecule has 0 bridgehead atoms. The summed E-state index contributed by atoms with van der Waals surface area (Å²) in [6, 6.07) is 0. The molecule has 0 spiro atoms. The van der Waals surface area contributed by atoms with Crippen LogP contribution in [0.3, 0.4) is 0 Å². The normalized spacial score (nSPS) is 11.4. The van der Waals surface area contributed by atoms with Gasteiger partial charge in [0.2, 0.25) is 11.7 Å². The van der Waals surface area contributed by atoms with Crippen molar-refractivity contribution in [2.45, 2.75) is 26.2 Å². The van der Waals surface area contributed by atoms with Gasteiger partial charge in [-0.1, -0.05) is 25.3 Å². The third kappa shape index (κ3) is 2.60. The van der Waals surface area contributed by atoms with E-state index in [1.54, 1.807) is 0 Å². The van der Waals surface area contributed by atoms with E-state index in [0.29, 0.717) is 10.6 Å². The van der Waals surface area contributed by atoms with Crippen molar-refractivity contribution in [1.29, 1.82) is 0 Å². The van der Waals surface area contributed by atoms with E-state index in [-0.39, 0.29) is 22.8 Å². The first-order valence-corrected chi connectivity index (χ1v) is 6.45. The highest BCUT2D eigenvalue weighted by Crippen LogP contribution is 2.28. The number of hydrogen-bond acceptors (Lipinski definition) is 7. The van der Waals surface area contributed by atoms with Gasteiger partial charge < -0.3 is 4.74 Å². The predicted molar refractivity (Wildman–Crippen MR) is 70.6 cm³/mol. The molecule has 100 valence electrons. The van der Waals surface area contributed by atoms with E-state index in [0.717, 1.165) is 11.5 Å². The first-order chi connectivity index (χ1) is 8.95. The van der Waals surface area contributed by atoms with E-state index in [2.05, 4.69) is 19.6 Å². The summed E-state index contributed by atoms with van der Waals surface area (Å²) in [5, 5.41) is 4.05. The van der Waals surface area contributed by atoms with Crippen LogP contribution >= 0.6 is 11.5 Å². The summed E-state index contributed by atoms with van der Waals surface area (Å²) in [5.41, 5.74) is 0.588. The summed E-state index contributed by atoms with van der Waals surface area (Å²) in [5.74, 6) is -0.0503. The third-order valence-electron chi connectivity index (χ3n) is 2.48. The quantitative estimate of drug-likeness (QED) is 0.797. The lowest BCUT2D eigenvalue weighted by atomic mass is 9.90. The summed E-state index contributed by atoms with van der Waals surface area (Å²) < 4.78 is 8.93. The zero-order chi connectivity index (χ0) is 14.0. The lowest BCUT2D eigenvalue weighted by molar-refractivity contribution is 0.103. The van der Waals surface area contributed by atoms with Gasteiger partial charge in [-0.25, -0.2) is 9.97 Å². The Morgan fingerprint density at radius 1 is 1.26 bits per heavy atom. The number of aromatic nitrogens is 4. The molecule has 0 aromatic carbocycles. The standard InChI is InChI=1S/C12H14N4O2S/c1-12(2,3)10-9(19-16-15-10)8(17)7-11(18-4)14-6-5-13-7/h5-6H,1-4H3. The minimum absolute atomic E-state index is 0.182. The maximum atomic E-state index is 12.5. The Hall–Kier alpha value is -1.89. The lowest BCUT2D eigenvalue weighted by Gasteiger charge is -2.15. The summed E-state index contributed by atoms with van der Waals surface area (Å²) in [6.07, 6.45) is 2.94. The topological polar surface area (TPSA) is 77.9 Å². The van der Waals surface area contributed by atoms with Gasteiger partial charge in [0.25, 0.3) is 0 Å². The van der Waals surface area contributed by atoms with Gasteiger partial charge >= 0.3 is 0 Å². The van der Waals surface area contributed by atoms with Gasteiger partial charge in [0.1, 0.15) is 4.88 Å². The number of rotatable bonds is 3. The van der Waals surface area contributed by atoms with Gasteiger partial charge in [-0.2, -0.15) is 0 Å². The van der Waals surface area contributed by atoms with Crippen molar-refractivity contribution in [1.82, 2.24) is 19.6 Å². The number of hydrogen-bond donors (Lipinski definition) is 0. The van der Waals surface area contributed by atoms with Crippen LogP contribution < -0.4 is 4.74 Å². The molecule has 0 radical (unpaired) electrons. The van der Waals surface area contributed by atoms with Crippen molar-refractivity contribution < 1.29 is 9.53 Å². The highest BCUT2D eigenvalue weighted by atomic mass is 32.1. The first-order valence-electron chi connectivity index (χ1n) is 5.67. The predicted octanol–water partition coefficient (Wildman–Crippen LogP) is 1.87. The molecule has 7 heteroatoms. The third-order valence-corrected chi connectivity index (χ3v) is 3.20. The van der Waals surface area contributed by atoms with Crippen molar-refractivity contribution in [2.24, 2.45) is 0 Å². The van der Waals surface area contributed by atoms with Crippen LogP contribution in [-0.4, -0.2) is 32.4 Å². The molecule has 2 aromatic rings. The zero-order valence-electron chi connectivity index (χ0n) is 11.2. The van der Waals surface area contributed by atoms with E-state index in [9.17, 15) is 4.79 Å². The number of carbonyl (C=O) groups is 1. The Kier molecular flexibility index (Phi) is 3.57. The summed E-state index contributed by atoms with van der Waals surface area (Å²) >= 11 is 1.06. The second kappa shape index (κ2) is 5.00. The molecule has 0 amide bonds. The molecule has 19 heavy (non-hydrogen) atoms. The smallest absolute Gasteiger partial charge is 0.243 e. The molecule has 0 N–H and O–H groups in total. The van der Waals surface area contributed by atoms with E-state index in [1.165, 1.54) is 19.5 Å². The Labute approximate surface area is 115 Å². The van der Waals surface area contributed by atoms with Crippen LogP contribution in [0.25, 0.3) is 0 Å². The molecule has 0 aliphatic heterocycles. The number of nitrogens with zero attached hydrogens (tertiary/aromatic N) is 4. The number of methoxy groups -OCH3 is 1. The fourth-order valence-electron chi connectivity index (χ4n) is 1.57. The molecule has 2 heterocycles. The number of ketones is 1. The molecule has 0 saturated heterocycles. The molecule has 0 atom stereocenters. The largest absolute Gasteiger partial charge is 0.479 e. The molecule has 0 aliphatic rings. The average molecular weight is 278 g/mol. The Morgan fingerprint density at radius 3 is 2.58 bits per heavy atom. The Morgan fingerprint density at radius 2 is 1.95 bits per heavy atom. The highest BCUT2D eigenvalue weighted by molar-refractivity contribution is 7.08. The van der Waals surface area contributed by atoms with Crippen molar-refractivity contribution in [3.63, 3.8) is 0 Å². The second-order valence-corrected chi connectivity index (χ2v) is 5.70. The summed E-state index contributed by atoms with van der Waals surface area (Å²) in [7, 11) is 1.45. The molecule has 0 unspecified atom stereocenters. The van der Waals surface area contributed by atoms with Crippen LogP contribution in [0.4, 0.5) is 0 Å². The molecule has 0 aliphatic carbocycles. The fraction of sp³-hybridized carbons (Fsp3) is 0.417. The van der Waals surface area contributed by atoms with Gasteiger partial charge in [0.05, 0.1) is 12.8 Å². The van der Waals surface area contributed by atoms with Gasteiger partial charge in [0.15, 0.2) is 5.69 Å². The van der Waals surface area contributed by atoms with Crippen LogP contribution in [0.15, 0.2) is 12.4 Å². The number of ether oxygens (including phenoxy) is 1. The van der Waals surface area contributed by atoms with Gasteiger partial charge in [-0.15, -0.1) is 5.10 Å². The Balaban J connectivity index is 2.49. The minimum Gasteiger partial charge on any atom is -0.479 e. The average Bonchev–Trinajstić information content (AvgIpc) is 2.87. The Bertz CT molecular complexity index is 604. The molecule has 2 rings (SSSR count). The van der Waals surface area contributed by atoms with Crippen molar-refractivity contribution in [3.8, 4) is 5.88 Å². The monoisotopic (exact) mass is 278 g/mol. The van der Waals surface area contributed by atoms with Crippen LogP contribution in [0.2, 0.25) is 0 Å². The van der Waals surface area contributed by atoms with Gasteiger partial charge in [-0.3, -0.25) is 4.79 Å². The van der Waals surface area contributed by atoms with Crippen molar-refractivity contribution in [3.05, 3.63) is 28.7 Å². The van der Waals surface area contributed by atoms with Crippen molar-refractivity contribution >= 4 is 17.3 Å². The molecular formula is C12H14N4O2S. The second-order valence-electron chi connectivity index (χ2n) is 4.94. The molecule has 2 aromatic heterocycles. The van der Waals surface area contributed by atoms with Gasteiger partial charge in [0, 0.05) is 17.8 Å². The van der Waals surface area contributed by atoms with Crippen LogP contribution in [0, 0.1) is 0 Å². The van der Waals surface area contributed by atoms with E-state index >= 15 is 0 Å². The SMILES string of the molecule is COc1nccnc1C(=O)c1snnc1C(C)(C)C. The van der Waals surface area contributed by atoms with Gasteiger partial charge in [-0.05, 0) is 11.5 Å². The minimum atomic E-state index is -0.259. The highest BCUT2D eigenvalue weighted by Gasteiger charge is 2.29. The molecular weight excluding hydrogens is 264 g/mol. The molecule has 0 saturated carbocycles. The summed E-state index contributed by atoms with van der Waals surface area (Å²) in [6.45, 7) is 5.94. The maximum Gasteiger partial charge on any atom is 0.243 e.